The SMILES string of the molecule is NCCOc1ccccc1NC(=O)NCc1ccccc1. The van der Waals surface area contributed by atoms with Crippen LogP contribution in [0, 0.1) is 0 Å². The van der Waals surface area contributed by atoms with Crippen LogP contribution in [0.1, 0.15) is 5.56 Å². The van der Waals surface area contributed by atoms with E-state index in [1.807, 2.05) is 42.5 Å². The summed E-state index contributed by atoms with van der Waals surface area (Å²) in [5.74, 6) is 0.609. The molecule has 2 rings (SSSR count). The van der Waals surface area contributed by atoms with Gasteiger partial charge >= 0.3 is 6.03 Å². The molecule has 0 aliphatic heterocycles. The second kappa shape index (κ2) is 7.91. The molecule has 21 heavy (non-hydrogen) atoms. The van der Waals surface area contributed by atoms with Gasteiger partial charge in [-0.3, -0.25) is 0 Å². The van der Waals surface area contributed by atoms with Crippen molar-refractivity contribution in [3.63, 3.8) is 0 Å². The lowest BCUT2D eigenvalue weighted by molar-refractivity contribution is 0.251. The van der Waals surface area contributed by atoms with Crippen molar-refractivity contribution in [1.82, 2.24) is 5.32 Å². The Kier molecular flexibility index (Phi) is 5.60. The zero-order chi connectivity index (χ0) is 14.9. The van der Waals surface area contributed by atoms with E-state index in [-0.39, 0.29) is 6.03 Å². The first-order valence-electron chi connectivity index (χ1n) is 6.80. The molecule has 0 saturated heterocycles. The maximum atomic E-state index is 11.9. The number of rotatable bonds is 6. The second-order valence-corrected chi connectivity index (χ2v) is 4.43. The fourth-order valence-corrected chi connectivity index (χ4v) is 1.81. The average molecular weight is 285 g/mol. The summed E-state index contributed by atoms with van der Waals surface area (Å²) in [5, 5.41) is 5.57. The molecule has 0 unspecified atom stereocenters. The summed E-state index contributed by atoms with van der Waals surface area (Å²) < 4.78 is 5.48. The molecule has 0 aliphatic carbocycles. The number of carbonyl (C=O) groups excluding carboxylic acids is 1. The van der Waals surface area contributed by atoms with E-state index < -0.39 is 0 Å². The number of ether oxygens (including phenoxy) is 1. The van der Waals surface area contributed by atoms with Gasteiger partial charge in [0.1, 0.15) is 12.4 Å². The Morgan fingerprint density at radius 3 is 2.52 bits per heavy atom. The maximum absolute atomic E-state index is 11.9. The van der Waals surface area contributed by atoms with Crippen molar-refractivity contribution in [3.05, 3.63) is 60.2 Å². The molecular weight excluding hydrogens is 266 g/mol. The van der Waals surface area contributed by atoms with E-state index in [1.165, 1.54) is 0 Å². The molecule has 0 radical (unpaired) electrons. The Morgan fingerprint density at radius 1 is 1.05 bits per heavy atom. The van der Waals surface area contributed by atoms with Gasteiger partial charge < -0.3 is 21.1 Å². The highest BCUT2D eigenvalue weighted by Gasteiger charge is 2.06. The summed E-state index contributed by atoms with van der Waals surface area (Å²) in [6, 6.07) is 16.7. The lowest BCUT2D eigenvalue weighted by Crippen LogP contribution is -2.28. The van der Waals surface area contributed by atoms with Gasteiger partial charge in [0, 0.05) is 13.1 Å². The molecule has 0 fully saturated rings. The van der Waals surface area contributed by atoms with Gasteiger partial charge in [-0.2, -0.15) is 0 Å². The molecule has 4 N–H and O–H groups in total. The van der Waals surface area contributed by atoms with Crippen LogP contribution in [0.15, 0.2) is 54.6 Å². The molecule has 0 bridgehead atoms. The van der Waals surface area contributed by atoms with E-state index in [0.717, 1.165) is 5.56 Å². The van der Waals surface area contributed by atoms with Crippen molar-refractivity contribution in [3.8, 4) is 5.75 Å². The molecule has 2 aromatic carbocycles. The molecule has 0 aromatic heterocycles. The first-order valence-corrected chi connectivity index (χ1v) is 6.80. The van der Waals surface area contributed by atoms with Crippen molar-refractivity contribution in [2.24, 2.45) is 5.73 Å². The number of hydrogen-bond donors (Lipinski definition) is 3. The molecule has 0 spiro atoms. The largest absolute Gasteiger partial charge is 0.490 e. The van der Waals surface area contributed by atoms with Crippen LogP contribution in [0.5, 0.6) is 5.75 Å². The predicted octanol–water partition coefficient (Wildman–Crippen LogP) is 2.35. The number of benzene rings is 2. The van der Waals surface area contributed by atoms with Gasteiger partial charge in [0.25, 0.3) is 0 Å². The van der Waals surface area contributed by atoms with Crippen LogP contribution >= 0.6 is 0 Å². The highest BCUT2D eigenvalue weighted by atomic mass is 16.5. The number of carbonyl (C=O) groups is 1. The molecule has 0 atom stereocenters. The molecule has 5 nitrogen and oxygen atoms in total. The Balaban J connectivity index is 1.90. The standard InChI is InChI=1S/C16H19N3O2/c17-10-11-21-15-9-5-4-8-14(15)19-16(20)18-12-13-6-2-1-3-7-13/h1-9H,10-12,17H2,(H2,18,19,20). The van der Waals surface area contributed by atoms with Crippen LogP contribution in [0.4, 0.5) is 10.5 Å². The smallest absolute Gasteiger partial charge is 0.319 e. The Hall–Kier alpha value is -2.53. The minimum absolute atomic E-state index is 0.275. The number of nitrogens with one attached hydrogen (secondary N) is 2. The summed E-state index contributed by atoms with van der Waals surface area (Å²) in [6.45, 7) is 1.30. The molecule has 0 aliphatic rings. The van der Waals surface area contributed by atoms with Crippen LogP contribution in [0.3, 0.4) is 0 Å². The van der Waals surface area contributed by atoms with E-state index in [1.54, 1.807) is 12.1 Å². The lowest BCUT2D eigenvalue weighted by atomic mass is 10.2. The third-order valence-corrected chi connectivity index (χ3v) is 2.81. The average Bonchev–Trinajstić information content (AvgIpc) is 2.53. The normalized spacial score (nSPS) is 9.95. The van der Waals surface area contributed by atoms with Gasteiger partial charge in [0.2, 0.25) is 0 Å². The number of anilines is 1. The molecular formula is C16H19N3O2. The second-order valence-electron chi connectivity index (χ2n) is 4.43. The number of amides is 2. The van der Waals surface area contributed by atoms with E-state index in [2.05, 4.69) is 10.6 Å². The first kappa shape index (κ1) is 14.9. The summed E-state index contributed by atoms with van der Waals surface area (Å²) >= 11 is 0. The summed E-state index contributed by atoms with van der Waals surface area (Å²) in [7, 11) is 0. The summed E-state index contributed by atoms with van der Waals surface area (Å²) in [6.07, 6.45) is 0. The van der Waals surface area contributed by atoms with E-state index in [0.29, 0.717) is 31.1 Å². The van der Waals surface area contributed by atoms with Crippen molar-refractivity contribution in [2.45, 2.75) is 6.54 Å². The third kappa shape index (κ3) is 4.81. The van der Waals surface area contributed by atoms with Crippen LogP contribution in [-0.4, -0.2) is 19.2 Å². The fraction of sp³-hybridized carbons (Fsp3) is 0.188. The molecule has 0 heterocycles. The zero-order valence-electron chi connectivity index (χ0n) is 11.7. The monoisotopic (exact) mass is 285 g/mol. The molecule has 2 amide bonds. The van der Waals surface area contributed by atoms with Crippen LogP contribution in [0.2, 0.25) is 0 Å². The van der Waals surface area contributed by atoms with Gasteiger partial charge in [-0.1, -0.05) is 42.5 Å². The number of hydrogen-bond acceptors (Lipinski definition) is 3. The summed E-state index contributed by atoms with van der Waals surface area (Å²) in [4.78, 5) is 11.9. The zero-order valence-corrected chi connectivity index (χ0v) is 11.7. The fourth-order valence-electron chi connectivity index (χ4n) is 1.81. The highest BCUT2D eigenvalue weighted by molar-refractivity contribution is 5.90. The van der Waals surface area contributed by atoms with Crippen molar-refractivity contribution in [2.75, 3.05) is 18.5 Å². The minimum Gasteiger partial charge on any atom is -0.490 e. The molecule has 110 valence electrons. The van der Waals surface area contributed by atoms with Gasteiger partial charge in [-0.05, 0) is 17.7 Å². The van der Waals surface area contributed by atoms with Gasteiger partial charge in [0.15, 0.2) is 0 Å². The maximum Gasteiger partial charge on any atom is 0.319 e. The minimum atomic E-state index is -0.275. The van der Waals surface area contributed by atoms with E-state index in [9.17, 15) is 4.79 Å². The van der Waals surface area contributed by atoms with Gasteiger partial charge in [-0.25, -0.2) is 4.79 Å². The predicted molar refractivity (Wildman–Crippen MR) is 83.3 cm³/mol. The lowest BCUT2D eigenvalue weighted by Gasteiger charge is -2.12. The Morgan fingerprint density at radius 2 is 1.76 bits per heavy atom. The number of para-hydroxylation sites is 2. The van der Waals surface area contributed by atoms with Crippen LogP contribution in [-0.2, 0) is 6.54 Å². The van der Waals surface area contributed by atoms with Gasteiger partial charge in [0.05, 0.1) is 5.69 Å². The Bertz CT molecular complexity index is 573. The first-order chi connectivity index (χ1) is 10.3. The topological polar surface area (TPSA) is 76.4 Å². The van der Waals surface area contributed by atoms with Gasteiger partial charge in [-0.15, -0.1) is 0 Å². The number of nitrogens with two attached hydrogens (primary N) is 1. The Labute approximate surface area is 124 Å². The van der Waals surface area contributed by atoms with Crippen molar-refractivity contribution >= 4 is 11.7 Å². The van der Waals surface area contributed by atoms with Crippen LogP contribution in [0.25, 0.3) is 0 Å². The quantitative estimate of drug-likeness (QED) is 0.762. The van der Waals surface area contributed by atoms with Crippen molar-refractivity contribution < 1.29 is 9.53 Å². The molecule has 5 heteroatoms. The highest BCUT2D eigenvalue weighted by Crippen LogP contribution is 2.23. The molecule has 0 saturated carbocycles. The van der Waals surface area contributed by atoms with E-state index in [4.69, 9.17) is 10.5 Å². The summed E-state index contributed by atoms with van der Waals surface area (Å²) in [5.41, 5.74) is 7.08. The van der Waals surface area contributed by atoms with Crippen molar-refractivity contribution in [1.29, 1.82) is 0 Å². The van der Waals surface area contributed by atoms with E-state index >= 15 is 0 Å². The van der Waals surface area contributed by atoms with Crippen LogP contribution < -0.4 is 21.1 Å². The number of urea groups is 1. The third-order valence-electron chi connectivity index (χ3n) is 2.81. The molecule has 2 aromatic rings.